The van der Waals surface area contributed by atoms with E-state index in [1.165, 1.54) is 14.2 Å². The lowest BCUT2D eigenvalue weighted by Gasteiger charge is -2.14. The second kappa shape index (κ2) is 23.9. The number of methoxy groups -OCH3 is 2. The predicted octanol–water partition coefficient (Wildman–Crippen LogP) is 6.56. The number of carbonyl (C=O) groups excluding carboxylic acids is 2. The number of benzene rings is 3. The third kappa shape index (κ3) is 23.7. The van der Waals surface area contributed by atoms with Crippen molar-refractivity contribution in [1.29, 1.82) is 0 Å². The van der Waals surface area contributed by atoms with E-state index in [1.54, 1.807) is 12.1 Å². The van der Waals surface area contributed by atoms with E-state index < -0.39 is 20.9 Å². The molecule has 256 valence electrons. The van der Waals surface area contributed by atoms with Crippen LogP contribution in [0.2, 0.25) is 0 Å². The van der Waals surface area contributed by atoms with Crippen molar-refractivity contribution >= 4 is 65.6 Å². The minimum absolute atomic E-state index is 0.171. The number of anilines is 3. The number of aliphatic carboxylic acids is 1. The first-order valence-electron chi connectivity index (χ1n) is 14.1. The molecule has 0 atom stereocenters. The first-order valence-corrected chi connectivity index (χ1v) is 16.9. The van der Waals surface area contributed by atoms with Gasteiger partial charge in [0.2, 0.25) is 9.23 Å². The zero-order chi connectivity index (χ0) is 35.8. The monoisotopic (exact) mass is 708 g/mol. The van der Waals surface area contributed by atoms with Gasteiger partial charge < -0.3 is 31.4 Å². The molecule has 0 spiro atoms. The van der Waals surface area contributed by atoms with Gasteiger partial charge in [-0.3, -0.25) is 19.2 Å². The number of halogens is 2. The molecule has 3 aromatic rings. The largest absolute Gasteiger partial charge is 0.481 e. The Morgan fingerprint density at radius 1 is 0.766 bits per heavy atom. The maximum absolute atomic E-state index is 11.0. The van der Waals surface area contributed by atoms with Gasteiger partial charge in [0, 0.05) is 71.5 Å². The first-order chi connectivity index (χ1) is 22.1. The number of esters is 2. The van der Waals surface area contributed by atoms with Crippen LogP contribution in [0.15, 0.2) is 72.8 Å². The number of hydrogen-bond acceptors (Lipinski definition) is 9. The highest BCUT2D eigenvalue weighted by Gasteiger charge is 2.21. The number of ether oxygens (including phenoxy) is 2. The Bertz CT molecular complexity index is 1430. The van der Waals surface area contributed by atoms with Crippen molar-refractivity contribution < 1.29 is 33.2 Å². The zero-order valence-corrected chi connectivity index (χ0v) is 29.2. The fraction of sp³-hybridized carbons (Fsp3) is 0.333. The molecule has 47 heavy (non-hydrogen) atoms. The summed E-state index contributed by atoms with van der Waals surface area (Å²) in [5.41, 5.74) is 15.9. The molecule has 6 N–H and O–H groups in total. The van der Waals surface area contributed by atoms with E-state index in [-0.39, 0.29) is 18.4 Å². The highest BCUT2D eigenvalue weighted by Crippen LogP contribution is 2.17. The van der Waals surface area contributed by atoms with Gasteiger partial charge in [0.05, 0.1) is 14.2 Å². The highest BCUT2D eigenvalue weighted by atomic mass is 36.0. The van der Waals surface area contributed by atoms with Gasteiger partial charge in [-0.25, -0.2) is 10.8 Å². The molecule has 14 heteroatoms. The Hall–Kier alpha value is -4.31. The summed E-state index contributed by atoms with van der Waals surface area (Å²) in [5, 5.41) is 11.5. The summed E-state index contributed by atoms with van der Waals surface area (Å²) in [7, 11) is 10.1. The Kier molecular flexibility index (Phi) is 21.7. The summed E-state index contributed by atoms with van der Waals surface area (Å²) < 4.78 is 18.2. The van der Waals surface area contributed by atoms with Gasteiger partial charge in [-0.2, -0.15) is 0 Å². The molecule has 0 fully saturated rings. The van der Waals surface area contributed by atoms with Crippen LogP contribution in [0.25, 0.3) is 4.85 Å². The van der Waals surface area contributed by atoms with Crippen LogP contribution in [0.5, 0.6) is 0 Å². The molecule has 0 aliphatic heterocycles. The van der Waals surface area contributed by atoms with E-state index in [4.69, 9.17) is 27.4 Å². The molecule has 0 unspecified atom stereocenters. The molecule has 0 bridgehead atoms. The van der Waals surface area contributed by atoms with Crippen LogP contribution in [-0.4, -0.2) is 47.1 Å². The van der Waals surface area contributed by atoms with E-state index in [1.807, 2.05) is 74.5 Å². The number of carboxylic acid groups (broad SMARTS) is 1. The number of nitrogen functional groups attached to an aromatic ring is 2. The van der Waals surface area contributed by atoms with Crippen LogP contribution >= 0.6 is 21.4 Å². The van der Waals surface area contributed by atoms with E-state index in [0.29, 0.717) is 37.8 Å². The third-order valence-corrected chi connectivity index (χ3v) is 5.96. The van der Waals surface area contributed by atoms with Crippen LogP contribution in [0, 0.1) is 6.57 Å². The van der Waals surface area contributed by atoms with E-state index in [0.717, 1.165) is 28.1 Å². The summed E-state index contributed by atoms with van der Waals surface area (Å²) in [6, 6.07) is 22.5. The highest BCUT2D eigenvalue weighted by molar-refractivity contribution is 8.26. The zero-order valence-electron chi connectivity index (χ0n) is 26.8. The summed E-state index contributed by atoms with van der Waals surface area (Å²) in [5.74, 6) is -1.16. The van der Waals surface area contributed by atoms with Gasteiger partial charge in [0.25, 0.3) is 5.66 Å². The number of aryl methyl sites for hydroxylation is 3. The molecule has 3 aromatic carbocycles. The number of hydrogen-bond donors (Lipinski definition) is 4. The number of carbonyl (C=O) groups is 3. The van der Waals surface area contributed by atoms with Crippen LogP contribution in [0.1, 0.15) is 49.8 Å². The minimum Gasteiger partial charge on any atom is -0.481 e. The predicted molar refractivity (Wildman–Crippen MR) is 189 cm³/mol. The van der Waals surface area contributed by atoms with Gasteiger partial charge in [-0.05, 0) is 72.4 Å². The molecule has 0 aliphatic rings. The average Bonchev–Trinajstić information content (AvgIpc) is 3.03. The van der Waals surface area contributed by atoms with Crippen LogP contribution in [-0.2, 0) is 52.3 Å². The average molecular weight is 710 g/mol. The van der Waals surface area contributed by atoms with Crippen molar-refractivity contribution in [2.24, 2.45) is 0 Å². The second-order valence-corrected chi connectivity index (χ2v) is 12.7. The maximum atomic E-state index is 11.0. The lowest BCUT2D eigenvalue weighted by Crippen LogP contribution is -2.25. The summed E-state index contributed by atoms with van der Waals surface area (Å²) in [6.45, 7) is 10.7. The van der Waals surface area contributed by atoms with E-state index in [2.05, 4.69) is 41.0 Å². The van der Waals surface area contributed by atoms with Crippen LogP contribution < -0.4 is 16.8 Å². The molecule has 0 heterocycles. The van der Waals surface area contributed by atoms with E-state index >= 15 is 0 Å². The van der Waals surface area contributed by atoms with Crippen molar-refractivity contribution in [2.75, 3.05) is 31.0 Å². The van der Waals surface area contributed by atoms with Crippen LogP contribution in [0.4, 0.5) is 17.1 Å². The van der Waals surface area contributed by atoms with Crippen LogP contribution in [0.3, 0.4) is 0 Å². The minimum atomic E-state index is -1.67. The fourth-order valence-corrected chi connectivity index (χ4v) is 3.45. The van der Waals surface area contributed by atoms with Crippen molar-refractivity contribution in [3.63, 3.8) is 0 Å². The van der Waals surface area contributed by atoms with Gasteiger partial charge in [0.1, 0.15) is 0 Å². The quantitative estimate of drug-likeness (QED) is 0.0738. The topological polar surface area (TPSA) is 175 Å². The lowest BCUT2D eigenvalue weighted by molar-refractivity contribution is -0.141. The van der Waals surface area contributed by atoms with Crippen molar-refractivity contribution in [2.45, 2.75) is 58.0 Å². The lowest BCUT2D eigenvalue weighted by atomic mass is 10.1. The number of carboxylic acids is 1. The number of rotatable bonds is 11. The smallest absolute Gasteiger partial charge is 0.305 e. The van der Waals surface area contributed by atoms with Crippen molar-refractivity contribution in [3.05, 3.63) is 101 Å². The normalized spacial score (nSPS) is 9.91. The van der Waals surface area contributed by atoms with Crippen molar-refractivity contribution in [1.82, 2.24) is 0 Å². The Labute approximate surface area is 287 Å². The molecule has 0 saturated carbocycles. The Morgan fingerprint density at radius 3 is 1.38 bits per heavy atom. The molecule has 0 saturated heterocycles. The Morgan fingerprint density at radius 2 is 1.09 bits per heavy atom. The summed E-state index contributed by atoms with van der Waals surface area (Å²) in [4.78, 5) is 35.5. The van der Waals surface area contributed by atoms with Gasteiger partial charge in [0.15, 0.2) is 0 Å². The SMILES string of the molecule is COC(=O)CCc1ccc(N)cc1.Nc1ccc(CCC(=O)O)cc1.O=S(Cl)Cl.[C-]#[N+]C(C)(C)Nc1ccc(CCC(=O)OC)cc1. The third-order valence-electron chi connectivity index (χ3n) is 5.96. The molecular weight excluding hydrogens is 667 g/mol. The number of nitrogens with zero attached hydrogens (tertiary/aromatic N) is 1. The molecule has 0 aromatic heterocycles. The molecular formula is C33H42Cl2N4O7S. The summed E-state index contributed by atoms with van der Waals surface area (Å²) >= 11 is 0. The number of nitrogens with two attached hydrogens (primary N) is 2. The number of nitrogens with one attached hydrogen (secondary N) is 1. The molecule has 3 rings (SSSR count). The fourth-order valence-electron chi connectivity index (χ4n) is 3.45. The first kappa shape index (κ1) is 42.7. The van der Waals surface area contributed by atoms with Crippen molar-refractivity contribution in [3.8, 4) is 0 Å². The molecule has 0 amide bonds. The van der Waals surface area contributed by atoms with Gasteiger partial charge in [-0.15, -0.1) is 0 Å². The molecule has 0 aliphatic carbocycles. The molecule has 11 nitrogen and oxygen atoms in total. The second-order valence-electron chi connectivity index (χ2n) is 10.2. The molecule has 0 radical (unpaired) electrons. The van der Waals surface area contributed by atoms with E-state index in [9.17, 15) is 14.4 Å². The van der Waals surface area contributed by atoms with Gasteiger partial charge >= 0.3 is 17.9 Å². The standard InChI is InChI=1S/C14H18N2O2.C10H13NO2.C9H11NO2.Cl2OS/c1-14(2,15-3)16-12-8-5-11(6-9-12)7-10-13(17)18-4;1-13-10(12)7-4-8-2-5-9(11)6-3-8;10-8-4-1-7(2-5-8)3-6-9(11)12;1-4(2)3/h5-6,8-9,16H,7,10H2,1-2,4H3;2-3,5-6H,4,7,11H2,1H3;1-2,4-5H,3,6,10H2,(H,11,12);. The Balaban J connectivity index is 0.000000651. The summed E-state index contributed by atoms with van der Waals surface area (Å²) in [6.07, 6.45) is 2.91. The van der Waals surface area contributed by atoms with Gasteiger partial charge in [-0.1, -0.05) is 36.4 Å². The maximum Gasteiger partial charge on any atom is 0.305 e.